The number of hydrogen-bond acceptors (Lipinski definition) is 3. The summed E-state index contributed by atoms with van der Waals surface area (Å²) in [6, 6.07) is 8.76. The van der Waals surface area contributed by atoms with Gasteiger partial charge in [0.15, 0.2) is 5.69 Å². The number of nitrogens with one attached hydrogen (secondary N) is 2. The Morgan fingerprint density at radius 1 is 1.35 bits per heavy atom. The maximum atomic E-state index is 12.5. The zero-order valence-electron chi connectivity index (χ0n) is 15.7. The van der Waals surface area contributed by atoms with Crippen molar-refractivity contribution in [2.45, 2.75) is 58.5 Å². The van der Waals surface area contributed by atoms with E-state index < -0.39 is 0 Å². The summed E-state index contributed by atoms with van der Waals surface area (Å²) in [4.78, 5) is 15.0. The average Bonchev–Trinajstić information content (AvgIpc) is 3.00. The zero-order chi connectivity index (χ0) is 18.7. The van der Waals surface area contributed by atoms with E-state index in [2.05, 4.69) is 69.2 Å². The molecule has 1 fully saturated rings. The predicted molar refractivity (Wildman–Crippen MR) is 108 cm³/mol. The summed E-state index contributed by atoms with van der Waals surface area (Å²) in [6.45, 7) is 8.56. The molecule has 1 amide bonds. The van der Waals surface area contributed by atoms with Gasteiger partial charge in [-0.1, -0.05) is 32.4 Å². The van der Waals surface area contributed by atoms with Crippen LogP contribution in [0.4, 0.5) is 5.69 Å². The van der Waals surface area contributed by atoms with Crippen LogP contribution in [0.25, 0.3) is 0 Å². The number of amides is 1. The molecule has 1 aromatic carbocycles. The molecule has 1 aliphatic heterocycles. The molecule has 1 saturated heterocycles. The van der Waals surface area contributed by atoms with Crippen LogP contribution in [0.5, 0.6) is 0 Å². The van der Waals surface area contributed by atoms with Gasteiger partial charge in [-0.2, -0.15) is 5.10 Å². The second-order valence-corrected chi connectivity index (χ2v) is 8.21. The van der Waals surface area contributed by atoms with Gasteiger partial charge in [0.2, 0.25) is 0 Å². The first kappa shape index (κ1) is 19.1. The predicted octanol–water partition coefficient (Wildman–Crippen LogP) is 4.92. The molecule has 5 nitrogen and oxygen atoms in total. The number of carbonyl (C=O) groups is 1. The molecule has 1 aliphatic rings. The molecule has 2 aromatic rings. The Balaban J connectivity index is 1.63. The number of benzene rings is 1. The van der Waals surface area contributed by atoms with Crippen LogP contribution in [0, 0.1) is 0 Å². The topological polar surface area (TPSA) is 61.0 Å². The smallest absolute Gasteiger partial charge is 0.277 e. The molecular formula is C20H27BrN4O. The van der Waals surface area contributed by atoms with Crippen molar-refractivity contribution in [1.29, 1.82) is 0 Å². The van der Waals surface area contributed by atoms with Gasteiger partial charge in [-0.3, -0.25) is 14.8 Å². The third-order valence-electron chi connectivity index (χ3n) is 5.06. The molecule has 0 radical (unpaired) electrons. The molecule has 1 aromatic heterocycles. The summed E-state index contributed by atoms with van der Waals surface area (Å²) >= 11 is 3.48. The van der Waals surface area contributed by atoms with Crippen LogP contribution in [0.3, 0.4) is 0 Å². The van der Waals surface area contributed by atoms with Crippen LogP contribution in [0.2, 0.25) is 0 Å². The molecule has 0 spiro atoms. The molecule has 2 heterocycles. The van der Waals surface area contributed by atoms with Crippen molar-refractivity contribution in [3.05, 3.63) is 45.7 Å². The first-order chi connectivity index (χ1) is 12.5. The van der Waals surface area contributed by atoms with Crippen LogP contribution >= 0.6 is 15.9 Å². The highest BCUT2D eigenvalue weighted by Crippen LogP contribution is 2.26. The Labute approximate surface area is 163 Å². The van der Waals surface area contributed by atoms with Crippen molar-refractivity contribution in [2.75, 3.05) is 11.9 Å². The van der Waals surface area contributed by atoms with Crippen LogP contribution in [0.15, 0.2) is 28.7 Å². The summed E-state index contributed by atoms with van der Waals surface area (Å²) in [7, 11) is 0. The Morgan fingerprint density at radius 2 is 2.08 bits per heavy atom. The monoisotopic (exact) mass is 418 g/mol. The third-order valence-corrected chi connectivity index (χ3v) is 5.87. The van der Waals surface area contributed by atoms with E-state index in [0.29, 0.717) is 11.7 Å². The normalized spacial score (nSPS) is 18.3. The van der Waals surface area contributed by atoms with Gasteiger partial charge in [0.05, 0.1) is 10.2 Å². The summed E-state index contributed by atoms with van der Waals surface area (Å²) in [5.41, 5.74) is 3.38. The summed E-state index contributed by atoms with van der Waals surface area (Å²) in [6.07, 6.45) is 3.91. The number of halogens is 1. The Morgan fingerprint density at radius 3 is 2.69 bits per heavy atom. The number of rotatable bonds is 5. The molecule has 3 rings (SSSR count). The SMILES string of the molecule is CC(C)c1[nH]nc(C(=O)Nc2ccc(CN3CCCCC3C)cc2)c1Br. The number of carbonyl (C=O) groups excluding carboxylic acids is 1. The first-order valence-electron chi connectivity index (χ1n) is 9.33. The Kier molecular flexibility index (Phi) is 6.14. The molecular weight excluding hydrogens is 392 g/mol. The van der Waals surface area contributed by atoms with Crippen LogP contribution in [-0.2, 0) is 6.54 Å². The molecule has 1 unspecified atom stereocenters. The van der Waals surface area contributed by atoms with Crippen LogP contribution in [-0.4, -0.2) is 33.6 Å². The van der Waals surface area contributed by atoms with Gasteiger partial charge in [0.25, 0.3) is 5.91 Å². The largest absolute Gasteiger partial charge is 0.321 e. The lowest BCUT2D eigenvalue weighted by Crippen LogP contribution is -2.36. The highest BCUT2D eigenvalue weighted by molar-refractivity contribution is 9.10. The molecule has 0 saturated carbocycles. The fraction of sp³-hybridized carbons (Fsp3) is 0.500. The Hall–Kier alpha value is -1.66. The standard InChI is InChI=1S/C20H27BrN4O/c1-13(2)18-17(21)19(24-23-18)20(26)22-16-9-7-15(8-10-16)12-25-11-5-4-6-14(25)3/h7-10,13-14H,4-6,11-12H2,1-3H3,(H,22,26)(H,23,24). The van der Waals surface area contributed by atoms with Gasteiger partial charge >= 0.3 is 0 Å². The minimum absolute atomic E-state index is 0.211. The number of piperidine rings is 1. The van der Waals surface area contributed by atoms with Gasteiger partial charge < -0.3 is 5.32 Å². The van der Waals surface area contributed by atoms with Gasteiger partial charge in [-0.15, -0.1) is 0 Å². The molecule has 0 bridgehead atoms. The van der Waals surface area contributed by atoms with E-state index in [0.717, 1.165) is 22.4 Å². The molecule has 1 atom stereocenters. The van der Waals surface area contributed by atoms with Gasteiger partial charge in [-0.25, -0.2) is 0 Å². The molecule has 6 heteroatoms. The van der Waals surface area contributed by atoms with E-state index in [9.17, 15) is 4.79 Å². The fourth-order valence-electron chi connectivity index (χ4n) is 3.39. The Bertz CT molecular complexity index is 754. The zero-order valence-corrected chi connectivity index (χ0v) is 17.3. The van der Waals surface area contributed by atoms with Crippen molar-refractivity contribution in [3.8, 4) is 0 Å². The number of hydrogen-bond donors (Lipinski definition) is 2. The number of aromatic nitrogens is 2. The van der Waals surface area contributed by atoms with Gasteiger partial charge in [-0.05, 0) is 65.9 Å². The van der Waals surface area contributed by atoms with Crippen LogP contribution in [0.1, 0.15) is 67.7 Å². The minimum atomic E-state index is -0.211. The lowest BCUT2D eigenvalue weighted by Gasteiger charge is -2.33. The summed E-state index contributed by atoms with van der Waals surface area (Å²) in [5, 5.41) is 10.0. The van der Waals surface area contributed by atoms with Gasteiger partial charge in [0.1, 0.15) is 0 Å². The second-order valence-electron chi connectivity index (χ2n) is 7.42. The molecule has 2 N–H and O–H groups in total. The van der Waals surface area contributed by atoms with E-state index in [1.54, 1.807) is 0 Å². The van der Waals surface area contributed by atoms with Crippen molar-refractivity contribution in [1.82, 2.24) is 15.1 Å². The fourth-order valence-corrected chi connectivity index (χ4v) is 4.20. The number of anilines is 1. The summed E-state index contributed by atoms with van der Waals surface area (Å²) in [5.74, 6) is 0.0623. The van der Waals surface area contributed by atoms with E-state index in [-0.39, 0.29) is 11.8 Å². The minimum Gasteiger partial charge on any atom is -0.321 e. The van der Waals surface area contributed by atoms with Crippen molar-refractivity contribution in [3.63, 3.8) is 0 Å². The van der Waals surface area contributed by atoms with Gasteiger partial charge in [0, 0.05) is 18.3 Å². The number of nitrogens with zero attached hydrogens (tertiary/aromatic N) is 2. The number of aromatic amines is 1. The van der Waals surface area contributed by atoms with E-state index in [1.165, 1.54) is 31.4 Å². The number of H-pyrrole nitrogens is 1. The van der Waals surface area contributed by atoms with Crippen LogP contribution < -0.4 is 5.32 Å². The maximum Gasteiger partial charge on any atom is 0.277 e. The maximum absolute atomic E-state index is 12.5. The quantitative estimate of drug-likeness (QED) is 0.723. The van der Waals surface area contributed by atoms with E-state index >= 15 is 0 Å². The lowest BCUT2D eigenvalue weighted by molar-refractivity contribution is 0.102. The highest BCUT2D eigenvalue weighted by atomic mass is 79.9. The molecule has 0 aliphatic carbocycles. The first-order valence-corrected chi connectivity index (χ1v) is 10.1. The lowest BCUT2D eigenvalue weighted by atomic mass is 10.0. The average molecular weight is 419 g/mol. The van der Waals surface area contributed by atoms with Crippen molar-refractivity contribution in [2.24, 2.45) is 0 Å². The molecule has 26 heavy (non-hydrogen) atoms. The van der Waals surface area contributed by atoms with E-state index in [1.807, 2.05) is 12.1 Å². The highest BCUT2D eigenvalue weighted by Gasteiger charge is 2.20. The van der Waals surface area contributed by atoms with Crippen molar-refractivity contribution < 1.29 is 4.79 Å². The van der Waals surface area contributed by atoms with Crippen molar-refractivity contribution >= 4 is 27.5 Å². The third kappa shape index (κ3) is 4.35. The molecule has 140 valence electrons. The number of likely N-dealkylation sites (tertiary alicyclic amines) is 1. The van der Waals surface area contributed by atoms with E-state index in [4.69, 9.17) is 0 Å². The second kappa shape index (κ2) is 8.35. The summed E-state index contributed by atoms with van der Waals surface area (Å²) < 4.78 is 0.737.